The van der Waals surface area contributed by atoms with E-state index in [4.69, 9.17) is 0 Å². The van der Waals surface area contributed by atoms with E-state index in [1.165, 1.54) is 30.0 Å². The highest BCUT2D eigenvalue weighted by molar-refractivity contribution is 8.00. The Morgan fingerprint density at radius 3 is 2.48 bits per heavy atom. The number of carbonyl (C=O) groups is 2. The number of benzene rings is 2. The van der Waals surface area contributed by atoms with Crippen LogP contribution >= 0.6 is 23.1 Å². The van der Waals surface area contributed by atoms with E-state index in [9.17, 15) is 9.59 Å². The molecule has 6 nitrogen and oxygen atoms in total. The molecule has 0 aliphatic heterocycles. The van der Waals surface area contributed by atoms with Crippen molar-refractivity contribution in [1.29, 1.82) is 0 Å². The summed E-state index contributed by atoms with van der Waals surface area (Å²) in [5.41, 5.74) is 1.57. The Balaban J connectivity index is 1.84. The molecule has 3 aromatic rings. The number of anilines is 2. The fraction of sp³-hybridized carbons (Fsp3) is 0.158. The third-order valence-electron chi connectivity index (χ3n) is 3.50. The highest BCUT2D eigenvalue weighted by atomic mass is 32.2. The van der Waals surface area contributed by atoms with E-state index in [2.05, 4.69) is 20.8 Å². The van der Waals surface area contributed by atoms with Gasteiger partial charge >= 0.3 is 0 Å². The summed E-state index contributed by atoms with van der Waals surface area (Å²) in [5.74, 6) is -0.312. The van der Waals surface area contributed by atoms with Gasteiger partial charge in [-0.1, -0.05) is 47.7 Å². The molecule has 27 heavy (non-hydrogen) atoms. The maximum absolute atomic E-state index is 12.9. The standard InChI is InChI=1S/C19H18N4O2S2/c1-12(24)20-15-9-6-10-16(11-15)27-17(14-7-4-3-5-8-14)18(25)21-19-23-22-13(2)26-19/h3-11,17H,1-2H3,(H,20,24)(H,21,23,25). The molecule has 0 fully saturated rings. The second-order valence-electron chi connectivity index (χ2n) is 5.73. The summed E-state index contributed by atoms with van der Waals surface area (Å²) in [5, 5.41) is 14.3. The van der Waals surface area contributed by atoms with E-state index in [0.29, 0.717) is 10.8 Å². The monoisotopic (exact) mass is 398 g/mol. The number of amides is 2. The van der Waals surface area contributed by atoms with Crippen molar-refractivity contribution in [3.63, 3.8) is 0 Å². The molecule has 8 heteroatoms. The van der Waals surface area contributed by atoms with Gasteiger partial charge in [-0.25, -0.2) is 0 Å². The number of hydrogen-bond acceptors (Lipinski definition) is 6. The third kappa shape index (κ3) is 5.38. The van der Waals surface area contributed by atoms with Crippen LogP contribution in [0.5, 0.6) is 0 Å². The predicted octanol–water partition coefficient (Wildman–Crippen LogP) is 4.28. The van der Waals surface area contributed by atoms with Crippen molar-refractivity contribution in [3.8, 4) is 0 Å². The molecule has 2 amide bonds. The topological polar surface area (TPSA) is 84.0 Å². The van der Waals surface area contributed by atoms with E-state index in [0.717, 1.165) is 15.5 Å². The summed E-state index contributed by atoms with van der Waals surface area (Å²) in [7, 11) is 0. The summed E-state index contributed by atoms with van der Waals surface area (Å²) < 4.78 is 0. The van der Waals surface area contributed by atoms with Gasteiger partial charge in [-0.15, -0.1) is 22.0 Å². The summed E-state index contributed by atoms with van der Waals surface area (Å²) in [6.45, 7) is 3.30. The zero-order valence-electron chi connectivity index (χ0n) is 14.8. The van der Waals surface area contributed by atoms with Gasteiger partial charge in [0.2, 0.25) is 16.9 Å². The second-order valence-corrected chi connectivity index (χ2v) is 8.09. The first kappa shape index (κ1) is 19.1. The molecule has 2 N–H and O–H groups in total. The van der Waals surface area contributed by atoms with Crippen molar-refractivity contribution in [1.82, 2.24) is 10.2 Å². The highest BCUT2D eigenvalue weighted by Gasteiger charge is 2.23. The number of nitrogens with one attached hydrogen (secondary N) is 2. The van der Waals surface area contributed by atoms with Crippen LogP contribution in [0.1, 0.15) is 22.7 Å². The Hall–Kier alpha value is -2.71. The first-order valence-electron chi connectivity index (χ1n) is 8.21. The van der Waals surface area contributed by atoms with Gasteiger partial charge in [0.05, 0.1) is 0 Å². The molecular weight excluding hydrogens is 380 g/mol. The van der Waals surface area contributed by atoms with Crippen LogP contribution in [0.3, 0.4) is 0 Å². The first-order valence-corrected chi connectivity index (χ1v) is 9.91. The average molecular weight is 399 g/mol. The minimum Gasteiger partial charge on any atom is -0.326 e. The molecule has 0 radical (unpaired) electrons. The number of aromatic nitrogens is 2. The first-order chi connectivity index (χ1) is 13.0. The summed E-state index contributed by atoms with van der Waals surface area (Å²) in [6, 6.07) is 17.0. The van der Waals surface area contributed by atoms with Gasteiger partial charge in [-0.2, -0.15) is 0 Å². The van der Waals surface area contributed by atoms with Gasteiger partial charge in [0.1, 0.15) is 10.3 Å². The molecule has 1 aromatic heterocycles. The van der Waals surface area contributed by atoms with Crippen LogP contribution in [0.15, 0.2) is 59.5 Å². The maximum Gasteiger partial charge on any atom is 0.244 e. The fourth-order valence-electron chi connectivity index (χ4n) is 2.41. The van der Waals surface area contributed by atoms with Crippen LogP contribution in [0.25, 0.3) is 0 Å². The van der Waals surface area contributed by atoms with Crippen molar-refractivity contribution in [2.75, 3.05) is 10.6 Å². The van der Waals surface area contributed by atoms with Crippen molar-refractivity contribution < 1.29 is 9.59 Å². The molecule has 3 rings (SSSR count). The van der Waals surface area contributed by atoms with E-state index >= 15 is 0 Å². The fourth-order valence-corrected chi connectivity index (χ4v) is 4.08. The molecule has 0 aliphatic carbocycles. The van der Waals surface area contributed by atoms with Crippen LogP contribution < -0.4 is 10.6 Å². The largest absolute Gasteiger partial charge is 0.326 e. The number of nitrogens with zero attached hydrogens (tertiary/aromatic N) is 2. The lowest BCUT2D eigenvalue weighted by Crippen LogP contribution is -2.19. The van der Waals surface area contributed by atoms with Gasteiger partial charge in [0, 0.05) is 17.5 Å². The number of thioether (sulfide) groups is 1. The van der Waals surface area contributed by atoms with E-state index in [1.54, 1.807) is 0 Å². The Labute approximate surface area is 165 Å². The van der Waals surface area contributed by atoms with E-state index in [-0.39, 0.29) is 11.8 Å². The normalized spacial score (nSPS) is 11.6. The molecule has 1 atom stereocenters. The Morgan fingerprint density at radius 1 is 1.04 bits per heavy atom. The number of aryl methyl sites for hydroxylation is 1. The number of rotatable bonds is 6. The summed E-state index contributed by atoms with van der Waals surface area (Å²) in [4.78, 5) is 25.1. The van der Waals surface area contributed by atoms with E-state index in [1.807, 2.05) is 61.5 Å². The molecule has 0 saturated carbocycles. The van der Waals surface area contributed by atoms with Crippen molar-refractivity contribution in [2.45, 2.75) is 24.0 Å². The SMILES string of the molecule is CC(=O)Nc1cccc(SC(C(=O)Nc2nnc(C)s2)c2ccccc2)c1. The minimum atomic E-state index is -0.469. The predicted molar refractivity (Wildman–Crippen MR) is 109 cm³/mol. The number of carbonyl (C=O) groups excluding carboxylic acids is 2. The summed E-state index contributed by atoms with van der Waals surface area (Å²) >= 11 is 2.74. The maximum atomic E-state index is 12.9. The Kier molecular flexibility index (Phi) is 6.20. The Morgan fingerprint density at radius 2 is 1.81 bits per heavy atom. The third-order valence-corrected chi connectivity index (χ3v) is 5.51. The smallest absolute Gasteiger partial charge is 0.244 e. The quantitative estimate of drug-likeness (QED) is 0.606. The van der Waals surface area contributed by atoms with Crippen LogP contribution in [-0.4, -0.2) is 22.0 Å². The molecule has 0 saturated heterocycles. The van der Waals surface area contributed by atoms with Gasteiger partial charge < -0.3 is 5.32 Å². The molecular formula is C19H18N4O2S2. The van der Waals surface area contributed by atoms with Crippen molar-refractivity contribution in [3.05, 3.63) is 65.2 Å². The van der Waals surface area contributed by atoms with Gasteiger partial charge in [0.25, 0.3) is 0 Å². The lowest BCUT2D eigenvalue weighted by atomic mass is 10.1. The molecule has 1 unspecified atom stereocenters. The van der Waals surface area contributed by atoms with Gasteiger partial charge in [-0.3, -0.25) is 14.9 Å². The van der Waals surface area contributed by atoms with Crippen LogP contribution in [0.4, 0.5) is 10.8 Å². The highest BCUT2D eigenvalue weighted by Crippen LogP contribution is 2.37. The summed E-state index contributed by atoms with van der Waals surface area (Å²) in [6.07, 6.45) is 0. The lowest BCUT2D eigenvalue weighted by molar-refractivity contribution is -0.116. The van der Waals surface area contributed by atoms with Gasteiger partial charge in [-0.05, 0) is 30.7 Å². The van der Waals surface area contributed by atoms with Crippen molar-refractivity contribution in [2.24, 2.45) is 0 Å². The lowest BCUT2D eigenvalue weighted by Gasteiger charge is -2.16. The molecule has 2 aromatic carbocycles. The number of hydrogen-bond donors (Lipinski definition) is 2. The van der Waals surface area contributed by atoms with Crippen LogP contribution in [0.2, 0.25) is 0 Å². The molecule has 0 aliphatic rings. The van der Waals surface area contributed by atoms with Crippen LogP contribution in [-0.2, 0) is 9.59 Å². The average Bonchev–Trinajstić information content (AvgIpc) is 3.05. The van der Waals surface area contributed by atoms with Crippen molar-refractivity contribution >= 4 is 45.7 Å². The minimum absolute atomic E-state index is 0.138. The molecule has 0 spiro atoms. The molecule has 1 heterocycles. The zero-order chi connectivity index (χ0) is 19.2. The molecule has 138 valence electrons. The van der Waals surface area contributed by atoms with Crippen LogP contribution in [0, 0.1) is 6.92 Å². The van der Waals surface area contributed by atoms with Gasteiger partial charge in [0.15, 0.2) is 0 Å². The molecule has 0 bridgehead atoms. The van der Waals surface area contributed by atoms with E-state index < -0.39 is 5.25 Å². The Bertz CT molecular complexity index is 944. The second kappa shape index (κ2) is 8.79. The zero-order valence-corrected chi connectivity index (χ0v) is 16.4.